The van der Waals surface area contributed by atoms with Crippen molar-refractivity contribution in [3.8, 4) is 0 Å². The number of fused-ring (bicyclic) bond motifs is 2. The molecule has 3 aliphatic rings. The highest BCUT2D eigenvalue weighted by Gasteiger charge is 2.60. The molecular weight excluding hydrogens is 260 g/mol. The van der Waals surface area contributed by atoms with E-state index in [2.05, 4.69) is 31.4 Å². The van der Waals surface area contributed by atoms with Crippen molar-refractivity contribution in [3.63, 3.8) is 0 Å². The van der Waals surface area contributed by atoms with Crippen LogP contribution < -0.4 is 10.6 Å². The second-order valence-corrected chi connectivity index (χ2v) is 8.39. The minimum absolute atomic E-state index is 0.0127. The molecule has 2 N–H and O–H groups in total. The average molecular weight is 292 g/mol. The van der Waals surface area contributed by atoms with E-state index in [9.17, 15) is 4.79 Å². The summed E-state index contributed by atoms with van der Waals surface area (Å²) in [5, 5.41) is 6.89. The van der Waals surface area contributed by atoms with Crippen LogP contribution in [0.4, 0.5) is 0 Å². The molecule has 0 aliphatic heterocycles. The maximum Gasteiger partial charge on any atom is 0.234 e. The average Bonchev–Trinajstić information content (AvgIpc) is 3.01. The lowest BCUT2D eigenvalue weighted by Crippen LogP contribution is -2.60. The third-order valence-corrected chi connectivity index (χ3v) is 7.16. The number of nitrogens with one attached hydrogen (secondary N) is 2. The maximum absolute atomic E-state index is 12.4. The predicted octanol–water partition coefficient (Wildman–Crippen LogP) is 3.24. The molecule has 1 amide bonds. The Morgan fingerprint density at radius 1 is 1.00 bits per heavy atom. The number of hydrogen-bond donors (Lipinski definition) is 2. The molecule has 0 radical (unpaired) electrons. The summed E-state index contributed by atoms with van der Waals surface area (Å²) in [6.07, 6.45) is 10.4. The molecule has 3 heteroatoms. The Labute approximate surface area is 129 Å². The van der Waals surface area contributed by atoms with E-state index in [1.54, 1.807) is 0 Å². The van der Waals surface area contributed by atoms with Gasteiger partial charge in [0.2, 0.25) is 5.91 Å². The van der Waals surface area contributed by atoms with Crippen LogP contribution in [0.25, 0.3) is 0 Å². The van der Waals surface area contributed by atoms with E-state index in [0.29, 0.717) is 18.5 Å². The van der Waals surface area contributed by atoms with Gasteiger partial charge in [0.05, 0.1) is 6.54 Å². The topological polar surface area (TPSA) is 41.1 Å². The smallest absolute Gasteiger partial charge is 0.234 e. The van der Waals surface area contributed by atoms with Crippen LogP contribution in [-0.2, 0) is 4.79 Å². The van der Waals surface area contributed by atoms with E-state index in [4.69, 9.17) is 0 Å². The van der Waals surface area contributed by atoms with Crippen LogP contribution in [0.5, 0.6) is 0 Å². The molecular formula is C18H32N2O. The monoisotopic (exact) mass is 292 g/mol. The lowest BCUT2D eigenvalue weighted by molar-refractivity contribution is -0.124. The zero-order valence-corrected chi connectivity index (χ0v) is 14.0. The highest BCUT2D eigenvalue weighted by molar-refractivity contribution is 5.79. The standard InChI is InChI=1S/C18H32N2O/c1-17(2)13-9-10-14(11-13)18(17,3)20-16(21)12-19-15-7-5-4-6-8-15/h13-15,19H,4-12H2,1-3H3,(H,20,21)/t13-,14+,18-/m1/s1. The Kier molecular flexibility index (Phi) is 4.06. The molecule has 0 aromatic heterocycles. The minimum atomic E-state index is -0.0127. The summed E-state index contributed by atoms with van der Waals surface area (Å²) >= 11 is 0. The zero-order valence-electron chi connectivity index (χ0n) is 14.0. The third-order valence-electron chi connectivity index (χ3n) is 7.16. The number of hydrogen-bond acceptors (Lipinski definition) is 2. The molecule has 3 rings (SSSR count). The Morgan fingerprint density at radius 2 is 1.67 bits per heavy atom. The van der Waals surface area contributed by atoms with Gasteiger partial charge in [0.25, 0.3) is 0 Å². The molecule has 3 fully saturated rings. The van der Waals surface area contributed by atoms with E-state index in [-0.39, 0.29) is 16.9 Å². The number of rotatable bonds is 4. The maximum atomic E-state index is 12.4. The molecule has 3 aliphatic carbocycles. The predicted molar refractivity (Wildman–Crippen MR) is 86.0 cm³/mol. The fraction of sp³-hybridized carbons (Fsp3) is 0.944. The molecule has 0 heterocycles. The quantitative estimate of drug-likeness (QED) is 0.835. The molecule has 0 unspecified atom stereocenters. The molecule has 3 saturated carbocycles. The summed E-state index contributed by atoms with van der Waals surface area (Å²) in [7, 11) is 0. The third kappa shape index (κ3) is 2.62. The van der Waals surface area contributed by atoms with E-state index >= 15 is 0 Å². The highest BCUT2D eigenvalue weighted by atomic mass is 16.2. The number of amides is 1. The molecule has 3 nitrogen and oxygen atoms in total. The Morgan fingerprint density at radius 3 is 2.29 bits per heavy atom. The van der Waals surface area contributed by atoms with Crippen LogP contribution in [0.1, 0.15) is 72.1 Å². The summed E-state index contributed by atoms with van der Waals surface area (Å²) in [4.78, 5) is 12.4. The molecule has 0 spiro atoms. The van der Waals surface area contributed by atoms with Crippen molar-refractivity contribution in [1.29, 1.82) is 0 Å². The molecule has 21 heavy (non-hydrogen) atoms. The fourth-order valence-electron chi connectivity index (χ4n) is 5.25. The Balaban J connectivity index is 1.54. The van der Waals surface area contributed by atoms with Crippen molar-refractivity contribution in [2.75, 3.05) is 6.54 Å². The summed E-state index contributed by atoms with van der Waals surface area (Å²) in [6.45, 7) is 7.49. The van der Waals surface area contributed by atoms with Crippen molar-refractivity contribution in [2.24, 2.45) is 17.3 Å². The van der Waals surface area contributed by atoms with Crippen molar-refractivity contribution < 1.29 is 4.79 Å². The van der Waals surface area contributed by atoms with Crippen LogP contribution in [0.2, 0.25) is 0 Å². The van der Waals surface area contributed by atoms with Crippen LogP contribution in [0.15, 0.2) is 0 Å². The van der Waals surface area contributed by atoms with Crippen LogP contribution in [0, 0.1) is 17.3 Å². The zero-order chi connectivity index (χ0) is 15.1. The van der Waals surface area contributed by atoms with Gasteiger partial charge >= 0.3 is 0 Å². The van der Waals surface area contributed by atoms with Crippen LogP contribution >= 0.6 is 0 Å². The molecule has 2 bridgehead atoms. The summed E-state index contributed by atoms with van der Waals surface area (Å²) < 4.78 is 0. The van der Waals surface area contributed by atoms with Gasteiger partial charge in [-0.15, -0.1) is 0 Å². The van der Waals surface area contributed by atoms with Crippen LogP contribution in [-0.4, -0.2) is 24.0 Å². The van der Waals surface area contributed by atoms with Crippen molar-refractivity contribution in [3.05, 3.63) is 0 Å². The van der Waals surface area contributed by atoms with Gasteiger partial charge in [-0.2, -0.15) is 0 Å². The summed E-state index contributed by atoms with van der Waals surface area (Å²) in [5.41, 5.74) is 0.220. The molecule has 0 aromatic carbocycles. The van der Waals surface area contributed by atoms with Crippen molar-refractivity contribution in [1.82, 2.24) is 10.6 Å². The van der Waals surface area contributed by atoms with Crippen LogP contribution in [0.3, 0.4) is 0 Å². The Bertz CT molecular complexity index is 400. The van der Waals surface area contributed by atoms with Gasteiger partial charge in [0.15, 0.2) is 0 Å². The van der Waals surface area contributed by atoms with E-state index in [1.165, 1.54) is 51.4 Å². The first kappa shape index (κ1) is 15.3. The number of carbonyl (C=O) groups is 1. The lowest BCUT2D eigenvalue weighted by Gasteiger charge is -2.48. The first-order valence-electron chi connectivity index (χ1n) is 8.98. The van der Waals surface area contributed by atoms with Crippen molar-refractivity contribution >= 4 is 5.91 Å². The first-order valence-corrected chi connectivity index (χ1v) is 8.98. The second-order valence-electron chi connectivity index (χ2n) is 8.39. The van der Waals surface area contributed by atoms with Gasteiger partial charge in [-0.05, 0) is 56.3 Å². The van der Waals surface area contributed by atoms with Gasteiger partial charge in [0.1, 0.15) is 0 Å². The second kappa shape index (κ2) is 5.57. The van der Waals surface area contributed by atoms with Gasteiger partial charge < -0.3 is 10.6 Å². The molecule has 0 aromatic rings. The summed E-state index contributed by atoms with van der Waals surface area (Å²) in [6, 6.07) is 0.561. The SMILES string of the molecule is CC1(C)[C@@H]2CC[C@@H](C2)[C@@]1(C)NC(=O)CNC1CCCCC1. The van der Waals surface area contributed by atoms with E-state index in [0.717, 1.165) is 5.92 Å². The first-order chi connectivity index (χ1) is 9.93. The fourth-order valence-corrected chi connectivity index (χ4v) is 5.25. The van der Waals surface area contributed by atoms with Gasteiger partial charge in [0, 0.05) is 11.6 Å². The summed E-state index contributed by atoms with van der Waals surface area (Å²) in [5.74, 6) is 1.67. The van der Waals surface area contributed by atoms with E-state index < -0.39 is 0 Å². The van der Waals surface area contributed by atoms with Gasteiger partial charge in [-0.3, -0.25) is 4.79 Å². The Hall–Kier alpha value is -0.570. The lowest BCUT2D eigenvalue weighted by atomic mass is 9.64. The molecule has 0 saturated heterocycles. The minimum Gasteiger partial charge on any atom is -0.349 e. The highest BCUT2D eigenvalue weighted by Crippen LogP contribution is 2.61. The largest absolute Gasteiger partial charge is 0.349 e. The van der Waals surface area contributed by atoms with Gasteiger partial charge in [-0.1, -0.05) is 33.1 Å². The molecule has 3 atom stereocenters. The number of carbonyl (C=O) groups excluding carboxylic acids is 1. The molecule has 120 valence electrons. The van der Waals surface area contributed by atoms with Gasteiger partial charge in [-0.25, -0.2) is 0 Å². The van der Waals surface area contributed by atoms with E-state index in [1.807, 2.05) is 0 Å². The van der Waals surface area contributed by atoms with Crippen molar-refractivity contribution in [2.45, 2.75) is 83.7 Å². The normalized spacial score (nSPS) is 38.6.